The highest BCUT2D eigenvalue weighted by Crippen LogP contribution is 2.25. The maximum atomic E-state index is 10.3. The summed E-state index contributed by atoms with van der Waals surface area (Å²) in [6.45, 7) is 2.16. The number of para-hydroxylation sites is 1. The van der Waals surface area contributed by atoms with Gasteiger partial charge in [-0.15, -0.1) is 0 Å². The van der Waals surface area contributed by atoms with Crippen molar-refractivity contribution in [2.45, 2.75) is 44.8 Å². The minimum atomic E-state index is -0.258. The van der Waals surface area contributed by atoms with Crippen molar-refractivity contribution >= 4 is 5.69 Å². The molecule has 0 saturated carbocycles. The molecule has 2 atom stereocenters. The Labute approximate surface area is 127 Å². The summed E-state index contributed by atoms with van der Waals surface area (Å²) in [6.07, 6.45) is 3.55. The van der Waals surface area contributed by atoms with Gasteiger partial charge in [0.2, 0.25) is 0 Å². The molecule has 0 aromatic heterocycles. The molecule has 2 rings (SSSR count). The van der Waals surface area contributed by atoms with Crippen molar-refractivity contribution in [3.8, 4) is 0 Å². The van der Waals surface area contributed by atoms with E-state index in [1.807, 2.05) is 36.4 Å². The lowest BCUT2D eigenvalue weighted by molar-refractivity contribution is 0.145. The lowest BCUT2D eigenvalue weighted by atomic mass is 9.97. The van der Waals surface area contributed by atoms with E-state index >= 15 is 0 Å². The molecule has 0 radical (unpaired) electrons. The Bertz CT molecular complexity index is 497. The van der Waals surface area contributed by atoms with Crippen LogP contribution in [-0.4, -0.2) is 11.2 Å². The normalized spacial score (nSPS) is 13.6. The highest BCUT2D eigenvalue weighted by molar-refractivity contribution is 5.45. The second-order valence-electron chi connectivity index (χ2n) is 5.51. The van der Waals surface area contributed by atoms with E-state index in [2.05, 4.69) is 36.5 Å². The van der Waals surface area contributed by atoms with Gasteiger partial charge in [0.1, 0.15) is 0 Å². The lowest BCUT2D eigenvalue weighted by Crippen LogP contribution is -2.18. The molecule has 0 amide bonds. The molecule has 21 heavy (non-hydrogen) atoms. The number of hydrogen-bond donors (Lipinski definition) is 2. The van der Waals surface area contributed by atoms with Gasteiger partial charge in [-0.25, -0.2) is 0 Å². The predicted molar refractivity (Wildman–Crippen MR) is 89.4 cm³/mol. The van der Waals surface area contributed by atoms with E-state index in [0.717, 1.165) is 31.4 Å². The molecule has 0 aliphatic carbocycles. The highest BCUT2D eigenvalue weighted by atomic mass is 16.3. The molecule has 0 spiro atoms. The van der Waals surface area contributed by atoms with Gasteiger partial charge >= 0.3 is 0 Å². The summed E-state index contributed by atoms with van der Waals surface area (Å²) >= 11 is 0. The first-order chi connectivity index (χ1) is 10.3. The van der Waals surface area contributed by atoms with Crippen LogP contribution in [0, 0.1) is 0 Å². The third-order valence-corrected chi connectivity index (χ3v) is 3.72. The molecule has 2 nitrogen and oxygen atoms in total. The summed E-state index contributed by atoms with van der Waals surface area (Å²) in [4.78, 5) is 0. The number of rotatable bonds is 8. The maximum Gasteiger partial charge on any atom is 0.0563 e. The quantitative estimate of drug-likeness (QED) is 0.730. The Morgan fingerprint density at radius 1 is 0.952 bits per heavy atom. The number of hydrogen-bond acceptors (Lipinski definition) is 2. The molecule has 2 N–H and O–H groups in total. The second kappa shape index (κ2) is 8.48. The molecule has 2 aromatic rings. The van der Waals surface area contributed by atoms with E-state index < -0.39 is 0 Å². The number of benzene rings is 2. The predicted octanol–water partition coefficient (Wildman–Crippen LogP) is 4.78. The second-order valence-corrected chi connectivity index (χ2v) is 5.51. The molecule has 0 saturated heterocycles. The van der Waals surface area contributed by atoms with Gasteiger partial charge in [-0.2, -0.15) is 0 Å². The molecule has 0 fully saturated rings. The van der Waals surface area contributed by atoms with Crippen molar-refractivity contribution in [3.63, 3.8) is 0 Å². The summed E-state index contributed by atoms with van der Waals surface area (Å²) in [7, 11) is 0. The van der Waals surface area contributed by atoms with Crippen molar-refractivity contribution in [1.82, 2.24) is 0 Å². The van der Waals surface area contributed by atoms with Crippen LogP contribution in [0.4, 0.5) is 5.69 Å². The Morgan fingerprint density at radius 3 is 2.19 bits per heavy atom. The smallest absolute Gasteiger partial charge is 0.0563 e. The fraction of sp³-hybridized carbons (Fsp3) is 0.368. The zero-order valence-corrected chi connectivity index (χ0v) is 12.7. The van der Waals surface area contributed by atoms with Crippen LogP contribution in [0.3, 0.4) is 0 Å². The molecule has 2 heteroatoms. The van der Waals surface area contributed by atoms with Crippen LogP contribution in [0.15, 0.2) is 60.7 Å². The minimum absolute atomic E-state index is 0.139. The Balaban J connectivity index is 2.07. The van der Waals surface area contributed by atoms with Gasteiger partial charge in [-0.3, -0.25) is 0 Å². The van der Waals surface area contributed by atoms with Gasteiger partial charge in [0.15, 0.2) is 0 Å². The maximum absolute atomic E-state index is 10.3. The van der Waals surface area contributed by atoms with Gasteiger partial charge in [0, 0.05) is 5.69 Å². The van der Waals surface area contributed by atoms with Crippen molar-refractivity contribution in [3.05, 3.63) is 66.2 Å². The Hall–Kier alpha value is -1.80. The Kier molecular flexibility index (Phi) is 6.29. The van der Waals surface area contributed by atoms with E-state index in [4.69, 9.17) is 0 Å². The number of nitrogens with one attached hydrogen (secondary N) is 1. The number of aliphatic hydroxyl groups excluding tert-OH is 1. The average molecular weight is 283 g/mol. The highest BCUT2D eigenvalue weighted by Gasteiger charge is 2.16. The fourth-order valence-corrected chi connectivity index (χ4v) is 2.53. The molecule has 0 bridgehead atoms. The van der Waals surface area contributed by atoms with Crippen LogP contribution in [0.25, 0.3) is 0 Å². The first kappa shape index (κ1) is 15.6. The monoisotopic (exact) mass is 283 g/mol. The molecule has 0 heterocycles. The third-order valence-electron chi connectivity index (χ3n) is 3.72. The molecule has 0 aliphatic rings. The molecule has 112 valence electrons. The molecular formula is C19H25NO. The zero-order chi connectivity index (χ0) is 14.9. The topological polar surface area (TPSA) is 32.3 Å². The standard InChI is InChI=1S/C19H25NO/c1-2-3-14-18(21)15-19(16-10-6-4-7-11-16)20-17-12-8-5-9-13-17/h4-13,18-21H,2-3,14-15H2,1H3/t18-,19-/m1/s1. The van der Waals surface area contributed by atoms with Gasteiger partial charge in [0.05, 0.1) is 12.1 Å². The fourth-order valence-electron chi connectivity index (χ4n) is 2.53. The zero-order valence-electron chi connectivity index (χ0n) is 12.7. The summed E-state index contributed by atoms with van der Waals surface area (Å²) in [5.74, 6) is 0. The van der Waals surface area contributed by atoms with Gasteiger partial charge in [-0.05, 0) is 30.5 Å². The Morgan fingerprint density at radius 2 is 1.57 bits per heavy atom. The van der Waals surface area contributed by atoms with Crippen LogP contribution in [0.5, 0.6) is 0 Å². The van der Waals surface area contributed by atoms with Crippen LogP contribution in [0.2, 0.25) is 0 Å². The largest absolute Gasteiger partial charge is 0.393 e. The summed E-state index contributed by atoms with van der Waals surface area (Å²) in [5.41, 5.74) is 2.31. The van der Waals surface area contributed by atoms with Gasteiger partial charge in [0.25, 0.3) is 0 Å². The number of anilines is 1. The van der Waals surface area contributed by atoms with Crippen LogP contribution < -0.4 is 5.32 Å². The SMILES string of the molecule is CCCC[C@@H](O)C[C@@H](Nc1ccccc1)c1ccccc1. The van der Waals surface area contributed by atoms with Crippen LogP contribution >= 0.6 is 0 Å². The van der Waals surface area contributed by atoms with E-state index in [9.17, 15) is 5.11 Å². The number of unbranched alkanes of at least 4 members (excludes halogenated alkanes) is 1. The summed E-state index contributed by atoms with van der Waals surface area (Å²) in [6, 6.07) is 20.7. The van der Waals surface area contributed by atoms with E-state index in [1.54, 1.807) is 0 Å². The van der Waals surface area contributed by atoms with Gasteiger partial charge < -0.3 is 10.4 Å². The van der Waals surface area contributed by atoms with Crippen molar-refractivity contribution in [2.75, 3.05) is 5.32 Å². The molecular weight excluding hydrogens is 258 g/mol. The van der Waals surface area contributed by atoms with E-state index in [1.165, 1.54) is 5.56 Å². The average Bonchev–Trinajstić information content (AvgIpc) is 2.54. The van der Waals surface area contributed by atoms with Crippen molar-refractivity contribution < 1.29 is 5.11 Å². The van der Waals surface area contributed by atoms with Gasteiger partial charge in [-0.1, -0.05) is 68.3 Å². The van der Waals surface area contributed by atoms with Crippen LogP contribution in [-0.2, 0) is 0 Å². The first-order valence-electron chi connectivity index (χ1n) is 7.84. The summed E-state index contributed by atoms with van der Waals surface area (Å²) in [5, 5.41) is 13.8. The molecule has 0 aliphatic heterocycles. The molecule has 2 aromatic carbocycles. The van der Waals surface area contributed by atoms with E-state index in [0.29, 0.717) is 0 Å². The van der Waals surface area contributed by atoms with Crippen molar-refractivity contribution in [2.24, 2.45) is 0 Å². The number of aliphatic hydroxyl groups is 1. The lowest BCUT2D eigenvalue weighted by Gasteiger charge is -2.23. The summed E-state index contributed by atoms with van der Waals surface area (Å²) < 4.78 is 0. The molecule has 0 unspecified atom stereocenters. The van der Waals surface area contributed by atoms with Crippen LogP contribution in [0.1, 0.15) is 44.2 Å². The minimum Gasteiger partial charge on any atom is -0.393 e. The van der Waals surface area contributed by atoms with Crippen molar-refractivity contribution in [1.29, 1.82) is 0 Å². The third kappa shape index (κ3) is 5.24. The van der Waals surface area contributed by atoms with E-state index in [-0.39, 0.29) is 12.1 Å². The first-order valence-corrected chi connectivity index (χ1v) is 7.84.